The summed E-state index contributed by atoms with van der Waals surface area (Å²) >= 11 is 0. The van der Waals surface area contributed by atoms with Gasteiger partial charge in [0.05, 0.1) is 32.6 Å². The van der Waals surface area contributed by atoms with Crippen molar-refractivity contribution in [2.24, 2.45) is 0 Å². The van der Waals surface area contributed by atoms with E-state index in [-0.39, 0.29) is 18.0 Å². The van der Waals surface area contributed by atoms with Gasteiger partial charge in [0.25, 0.3) is 5.69 Å². The lowest BCUT2D eigenvalue weighted by Gasteiger charge is -2.23. The van der Waals surface area contributed by atoms with E-state index in [0.29, 0.717) is 0 Å². The Balaban J connectivity index is 2.33. The smallest absolute Gasteiger partial charge is 0.434 e. The Hall–Kier alpha value is -2.15. The summed E-state index contributed by atoms with van der Waals surface area (Å²) in [6.07, 6.45) is -0.0703. The zero-order chi connectivity index (χ0) is 15.2. The van der Waals surface area contributed by atoms with Gasteiger partial charge in [0.1, 0.15) is 12.4 Å². The number of nitrogens with zero attached hydrogens (tertiary/aromatic N) is 2. The van der Waals surface area contributed by atoms with Gasteiger partial charge in [0.2, 0.25) is 0 Å². The van der Waals surface area contributed by atoms with Gasteiger partial charge >= 0.3 is 6.16 Å². The Morgan fingerprint density at radius 2 is 1.85 bits per heavy atom. The summed E-state index contributed by atoms with van der Waals surface area (Å²) in [4.78, 5) is 21.3. The minimum absolute atomic E-state index is 0.0614. The van der Waals surface area contributed by atoms with Gasteiger partial charge in [-0.05, 0) is 12.1 Å². The number of benzene rings is 1. The third-order valence-corrected chi connectivity index (χ3v) is 2.44. The van der Waals surface area contributed by atoms with Crippen molar-refractivity contribution in [1.82, 2.24) is 0 Å². The molecule has 7 heteroatoms. The molecular weight excluding hydrogens is 264 g/mol. The summed E-state index contributed by atoms with van der Waals surface area (Å²) in [5.41, 5.74) is -0.0614. The van der Waals surface area contributed by atoms with E-state index in [2.05, 4.69) is 21.1 Å². The number of non-ortho nitro benzene ring substituents is 1. The Bertz CT molecular complexity index is 465. The van der Waals surface area contributed by atoms with Crippen molar-refractivity contribution in [1.29, 1.82) is 0 Å². The molecule has 0 fully saturated rings. The molecule has 0 saturated heterocycles. The fourth-order valence-electron chi connectivity index (χ4n) is 1.46. The van der Waals surface area contributed by atoms with E-state index < -0.39 is 11.1 Å². The number of quaternary nitrogens is 1. The van der Waals surface area contributed by atoms with Crippen molar-refractivity contribution < 1.29 is 23.7 Å². The van der Waals surface area contributed by atoms with Crippen LogP contribution in [0.1, 0.15) is 6.42 Å². The van der Waals surface area contributed by atoms with E-state index in [4.69, 9.17) is 9.47 Å². The second-order valence-electron chi connectivity index (χ2n) is 5.32. The maximum Gasteiger partial charge on any atom is 0.513 e. The van der Waals surface area contributed by atoms with Crippen molar-refractivity contribution in [3.63, 3.8) is 0 Å². The third kappa shape index (κ3) is 6.14. The van der Waals surface area contributed by atoms with E-state index in [0.717, 1.165) is 17.4 Å². The first-order chi connectivity index (χ1) is 9.28. The molecule has 0 radical (unpaired) electrons. The molecule has 0 atom stereocenters. The molecule has 0 N–H and O–H groups in total. The fraction of sp³-hybridized carbons (Fsp3) is 0.462. The number of rotatable bonds is 6. The van der Waals surface area contributed by atoms with Gasteiger partial charge in [-0.1, -0.05) is 0 Å². The lowest BCUT2D eigenvalue weighted by atomic mass is 10.3. The second-order valence-corrected chi connectivity index (χ2v) is 5.32. The maximum absolute atomic E-state index is 11.4. The Morgan fingerprint density at radius 1 is 1.25 bits per heavy atom. The molecule has 0 aliphatic heterocycles. The van der Waals surface area contributed by atoms with E-state index >= 15 is 0 Å². The molecule has 20 heavy (non-hydrogen) atoms. The van der Waals surface area contributed by atoms with Crippen LogP contribution >= 0.6 is 0 Å². The second kappa shape index (κ2) is 6.85. The molecule has 1 aromatic rings. The van der Waals surface area contributed by atoms with Crippen LogP contribution in [0.25, 0.3) is 0 Å². The summed E-state index contributed by atoms with van der Waals surface area (Å²) in [6, 6.07) is 5.23. The molecule has 0 aliphatic carbocycles. The van der Waals surface area contributed by atoms with Gasteiger partial charge in [0.15, 0.2) is 0 Å². The van der Waals surface area contributed by atoms with Crippen LogP contribution in [0, 0.1) is 10.1 Å². The van der Waals surface area contributed by atoms with Crippen molar-refractivity contribution in [3.05, 3.63) is 34.4 Å². The van der Waals surface area contributed by atoms with Gasteiger partial charge in [-0.2, -0.15) is 0 Å². The van der Waals surface area contributed by atoms with Crippen LogP contribution in [0.2, 0.25) is 0 Å². The topological polar surface area (TPSA) is 78.7 Å². The van der Waals surface area contributed by atoms with Crippen LogP contribution in [0.4, 0.5) is 10.5 Å². The lowest BCUT2D eigenvalue weighted by Crippen LogP contribution is -2.35. The number of hydrogen-bond acceptors (Lipinski definition) is 5. The van der Waals surface area contributed by atoms with Crippen LogP contribution in [0.15, 0.2) is 24.3 Å². The van der Waals surface area contributed by atoms with Crippen LogP contribution in [0.5, 0.6) is 5.75 Å². The zero-order valence-electron chi connectivity index (χ0n) is 11.9. The average molecular weight is 283 g/mol. The molecule has 1 aromatic carbocycles. The summed E-state index contributed by atoms with van der Waals surface area (Å²) in [5, 5.41) is 10.5. The van der Waals surface area contributed by atoms with Crippen LogP contribution in [-0.2, 0) is 4.74 Å². The molecule has 0 aromatic heterocycles. The summed E-state index contributed by atoms with van der Waals surface area (Å²) in [7, 11) is 6.15. The van der Waals surface area contributed by atoms with Gasteiger partial charge in [0, 0.05) is 18.6 Å². The van der Waals surface area contributed by atoms with Crippen LogP contribution in [-0.4, -0.2) is 49.9 Å². The van der Waals surface area contributed by atoms with E-state index in [1.807, 2.05) is 0 Å². The van der Waals surface area contributed by atoms with Crippen molar-refractivity contribution >= 4 is 11.8 Å². The van der Waals surface area contributed by atoms with Crippen LogP contribution < -0.4 is 4.74 Å². The molecule has 110 valence electrons. The van der Waals surface area contributed by atoms with Crippen molar-refractivity contribution in [2.45, 2.75) is 6.42 Å². The molecule has 0 aliphatic rings. The number of ether oxygens (including phenoxy) is 2. The van der Waals surface area contributed by atoms with Crippen molar-refractivity contribution in [3.8, 4) is 5.75 Å². The highest BCUT2D eigenvalue weighted by Crippen LogP contribution is 2.17. The lowest BCUT2D eigenvalue weighted by molar-refractivity contribution is -0.870. The number of carbonyl (C=O) groups is 1. The van der Waals surface area contributed by atoms with Gasteiger partial charge in [-0.3, -0.25) is 10.1 Å². The quantitative estimate of drug-likeness (QED) is 0.200. The van der Waals surface area contributed by atoms with Gasteiger partial charge in [-0.15, -0.1) is 0 Å². The Kier molecular flexibility index (Phi) is 5.45. The Labute approximate surface area is 117 Å². The van der Waals surface area contributed by atoms with E-state index in [1.165, 1.54) is 24.3 Å². The fourth-order valence-corrected chi connectivity index (χ4v) is 1.46. The monoisotopic (exact) mass is 283 g/mol. The molecule has 0 amide bonds. The molecule has 0 heterocycles. The molecule has 0 unspecified atom stereocenters. The predicted molar refractivity (Wildman–Crippen MR) is 72.6 cm³/mol. The highest BCUT2D eigenvalue weighted by molar-refractivity contribution is 5.63. The first kappa shape index (κ1) is 15.9. The first-order valence-electron chi connectivity index (χ1n) is 6.17. The van der Waals surface area contributed by atoms with Gasteiger partial charge in [-0.25, -0.2) is 4.79 Å². The summed E-state index contributed by atoms with van der Waals surface area (Å²) in [5.74, 6) is 0.215. The van der Waals surface area contributed by atoms with Crippen molar-refractivity contribution in [2.75, 3.05) is 34.3 Å². The van der Waals surface area contributed by atoms with E-state index in [1.54, 1.807) is 0 Å². The molecule has 0 spiro atoms. The number of nitro benzene ring substituents is 1. The predicted octanol–water partition coefficient (Wildman–Crippen LogP) is 2.21. The van der Waals surface area contributed by atoms with Gasteiger partial charge < -0.3 is 14.0 Å². The third-order valence-electron chi connectivity index (χ3n) is 2.44. The standard InChI is InChI=1S/C13H19N2O5/c1-15(2,3)9-4-10-19-13(16)20-12-7-5-11(6-8-12)14(17)18/h5-8H,4,9-10H2,1-3H3/q+1. The minimum atomic E-state index is -0.805. The number of carbonyl (C=O) groups excluding carboxylic acids is 1. The first-order valence-corrected chi connectivity index (χ1v) is 6.17. The zero-order valence-corrected chi connectivity index (χ0v) is 11.9. The number of nitro groups is 1. The minimum Gasteiger partial charge on any atom is -0.434 e. The normalized spacial score (nSPS) is 10.9. The van der Waals surface area contributed by atoms with E-state index in [9.17, 15) is 14.9 Å². The molecular formula is C13H19N2O5+. The Morgan fingerprint density at radius 3 is 2.35 bits per heavy atom. The SMILES string of the molecule is C[N+](C)(C)CCCOC(=O)Oc1ccc([N+](=O)[O-])cc1. The summed E-state index contributed by atoms with van der Waals surface area (Å²) < 4.78 is 10.6. The summed E-state index contributed by atoms with van der Waals surface area (Å²) in [6.45, 7) is 1.16. The average Bonchev–Trinajstić information content (AvgIpc) is 2.34. The molecule has 1 rings (SSSR count). The molecule has 0 bridgehead atoms. The highest BCUT2D eigenvalue weighted by atomic mass is 16.7. The largest absolute Gasteiger partial charge is 0.513 e. The maximum atomic E-state index is 11.4. The molecule has 7 nitrogen and oxygen atoms in total. The molecule has 0 saturated carbocycles. The highest BCUT2D eigenvalue weighted by Gasteiger charge is 2.10. The number of hydrogen-bond donors (Lipinski definition) is 0. The van der Waals surface area contributed by atoms with Crippen LogP contribution in [0.3, 0.4) is 0 Å².